The Hall–Kier alpha value is -2.65. The first-order valence-corrected chi connectivity index (χ1v) is 6.31. The van der Waals surface area contributed by atoms with Crippen molar-refractivity contribution >= 4 is 11.7 Å². The minimum Gasteiger partial charge on any atom is -0.320 e. The van der Waals surface area contributed by atoms with Crippen molar-refractivity contribution in [3.05, 3.63) is 46.9 Å². The number of aryl methyl sites for hydroxylation is 2. The van der Waals surface area contributed by atoms with Crippen LogP contribution in [0.3, 0.4) is 0 Å². The molecule has 0 fully saturated rings. The van der Waals surface area contributed by atoms with Gasteiger partial charge in [-0.2, -0.15) is 5.10 Å². The van der Waals surface area contributed by atoms with E-state index in [0.717, 1.165) is 11.8 Å². The predicted octanol–water partition coefficient (Wildman–Crippen LogP) is 1.43. The minimum absolute atomic E-state index is 0.162. The summed E-state index contributed by atoms with van der Waals surface area (Å²) in [7, 11) is 1.71. The van der Waals surface area contributed by atoms with E-state index >= 15 is 0 Å². The van der Waals surface area contributed by atoms with Crippen LogP contribution in [-0.4, -0.2) is 22.2 Å². The zero-order valence-electron chi connectivity index (χ0n) is 11.8. The number of nitrogens with two attached hydrogens (primary N) is 1. The van der Waals surface area contributed by atoms with Crippen molar-refractivity contribution in [2.75, 3.05) is 11.9 Å². The van der Waals surface area contributed by atoms with E-state index in [9.17, 15) is 9.18 Å². The first-order chi connectivity index (χ1) is 10.0. The summed E-state index contributed by atoms with van der Waals surface area (Å²) in [5, 5.41) is 6.82. The summed E-state index contributed by atoms with van der Waals surface area (Å²) in [6.07, 6.45) is 0. The second kappa shape index (κ2) is 6.20. The highest BCUT2D eigenvalue weighted by Gasteiger charge is 2.14. The Morgan fingerprint density at radius 2 is 2.24 bits per heavy atom. The van der Waals surface area contributed by atoms with Crippen LogP contribution >= 0.6 is 0 Å². The first-order valence-electron chi connectivity index (χ1n) is 6.31. The summed E-state index contributed by atoms with van der Waals surface area (Å²) in [6, 6.07) is 5.59. The Morgan fingerprint density at radius 1 is 1.48 bits per heavy atom. The summed E-state index contributed by atoms with van der Waals surface area (Å²) in [5.74, 6) is 5.00. The molecule has 1 heterocycles. The molecule has 2 aromatic rings. The SMILES string of the molecule is Cc1cc(NC(=O)c2cc(F)ccc2C#CCN)n(C)n1. The van der Waals surface area contributed by atoms with E-state index in [2.05, 4.69) is 22.3 Å². The fourth-order valence-electron chi connectivity index (χ4n) is 1.87. The van der Waals surface area contributed by atoms with Crippen LogP contribution in [0.25, 0.3) is 0 Å². The lowest BCUT2D eigenvalue weighted by molar-refractivity contribution is 0.102. The molecule has 21 heavy (non-hydrogen) atoms. The number of rotatable bonds is 2. The Kier molecular flexibility index (Phi) is 4.36. The number of aromatic nitrogens is 2. The molecule has 0 aliphatic carbocycles. The number of nitrogens with zero attached hydrogens (tertiary/aromatic N) is 2. The van der Waals surface area contributed by atoms with E-state index in [1.807, 2.05) is 6.92 Å². The van der Waals surface area contributed by atoms with Crippen molar-refractivity contribution < 1.29 is 9.18 Å². The molecule has 0 aliphatic rings. The maximum Gasteiger partial charge on any atom is 0.258 e. The molecule has 0 bridgehead atoms. The lowest BCUT2D eigenvalue weighted by atomic mass is 10.1. The van der Waals surface area contributed by atoms with Gasteiger partial charge in [0.1, 0.15) is 11.6 Å². The van der Waals surface area contributed by atoms with Crippen LogP contribution in [0.4, 0.5) is 10.2 Å². The molecule has 6 heteroatoms. The van der Waals surface area contributed by atoms with Crippen molar-refractivity contribution in [3.63, 3.8) is 0 Å². The van der Waals surface area contributed by atoms with E-state index in [1.54, 1.807) is 13.1 Å². The quantitative estimate of drug-likeness (QED) is 0.820. The van der Waals surface area contributed by atoms with E-state index in [1.165, 1.54) is 16.8 Å². The molecule has 5 nitrogen and oxygen atoms in total. The van der Waals surface area contributed by atoms with Gasteiger partial charge in [-0.25, -0.2) is 4.39 Å². The average molecular weight is 286 g/mol. The summed E-state index contributed by atoms with van der Waals surface area (Å²) in [5.41, 5.74) is 6.68. The third-order valence-corrected chi connectivity index (χ3v) is 2.79. The Balaban J connectivity index is 2.34. The second-order valence-corrected chi connectivity index (χ2v) is 4.44. The molecule has 0 atom stereocenters. The molecule has 2 rings (SSSR count). The summed E-state index contributed by atoms with van der Waals surface area (Å²) in [6.45, 7) is 1.98. The molecule has 0 spiro atoms. The number of anilines is 1. The summed E-state index contributed by atoms with van der Waals surface area (Å²) >= 11 is 0. The van der Waals surface area contributed by atoms with E-state index < -0.39 is 11.7 Å². The summed E-state index contributed by atoms with van der Waals surface area (Å²) < 4.78 is 14.9. The van der Waals surface area contributed by atoms with Gasteiger partial charge in [0.05, 0.1) is 17.8 Å². The number of amides is 1. The molecule has 0 saturated heterocycles. The van der Waals surface area contributed by atoms with Crippen molar-refractivity contribution in [3.8, 4) is 11.8 Å². The molecule has 108 valence electrons. The van der Waals surface area contributed by atoms with Crippen LogP contribution in [0.5, 0.6) is 0 Å². The molecule has 0 radical (unpaired) electrons. The van der Waals surface area contributed by atoms with Crippen LogP contribution in [0.2, 0.25) is 0 Å². The predicted molar refractivity (Wildman–Crippen MR) is 78.2 cm³/mol. The zero-order valence-corrected chi connectivity index (χ0v) is 11.8. The Morgan fingerprint density at radius 3 is 2.86 bits per heavy atom. The fraction of sp³-hybridized carbons (Fsp3) is 0.200. The Labute approximate surface area is 122 Å². The van der Waals surface area contributed by atoms with Crippen LogP contribution in [0, 0.1) is 24.6 Å². The molecule has 1 aromatic heterocycles. The molecule has 3 N–H and O–H groups in total. The van der Waals surface area contributed by atoms with Gasteiger partial charge < -0.3 is 11.1 Å². The van der Waals surface area contributed by atoms with Crippen molar-refractivity contribution in [1.82, 2.24) is 9.78 Å². The molecule has 0 saturated carbocycles. The van der Waals surface area contributed by atoms with Crippen molar-refractivity contribution in [1.29, 1.82) is 0 Å². The second-order valence-electron chi connectivity index (χ2n) is 4.44. The topological polar surface area (TPSA) is 72.9 Å². The lowest BCUT2D eigenvalue weighted by Gasteiger charge is -2.07. The van der Waals surface area contributed by atoms with Crippen LogP contribution in [0.15, 0.2) is 24.3 Å². The number of halogens is 1. The number of benzene rings is 1. The van der Waals surface area contributed by atoms with Crippen molar-refractivity contribution in [2.45, 2.75) is 6.92 Å². The van der Waals surface area contributed by atoms with Gasteiger partial charge in [-0.1, -0.05) is 11.8 Å². The maximum atomic E-state index is 13.4. The number of carbonyl (C=O) groups excluding carboxylic acids is 1. The van der Waals surface area contributed by atoms with E-state index in [-0.39, 0.29) is 12.1 Å². The normalized spacial score (nSPS) is 9.90. The van der Waals surface area contributed by atoms with E-state index in [4.69, 9.17) is 5.73 Å². The molecule has 1 amide bonds. The largest absolute Gasteiger partial charge is 0.320 e. The maximum absolute atomic E-state index is 13.4. The fourth-order valence-corrected chi connectivity index (χ4v) is 1.87. The van der Waals surface area contributed by atoms with Crippen LogP contribution < -0.4 is 11.1 Å². The van der Waals surface area contributed by atoms with Gasteiger partial charge in [0.2, 0.25) is 0 Å². The number of hydrogen-bond donors (Lipinski definition) is 2. The van der Waals surface area contributed by atoms with Crippen LogP contribution in [0.1, 0.15) is 21.6 Å². The average Bonchev–Trinajstić information content (AvgIpc) is 2.75. The van der Waals surface area contributed by atoms with Gasteiger partial charge in [-0.05, 0) is 25.1 Å². The first kappa shape index (κ1) is 14.8. The Bertz CT molecular complexity index is 740. The lowest BCUT2D eigenvalue weighted by Crippen LogP contribution is -2.16. The summed E-state index contributed by atoms with van der Waals surface area (Å²) in [4.78, 5) is 12.3. The van der Waals surface area contributed by atoms with Gasteiger partial charge in [0, 0.05) is 18.7 Å². The van der Waals surface area contributed by atoms with Crippen molar-refractivity contribution in [2.24, 2.45) is 12.8 Å². The smallest absolute Gasteiger partial charge is 0.258 e. The third-order valence-electron chi connectivity index (χ3n) is 2.79. The molecule has 0 unspecified atom stereocenters. The monoisotopic (exact) mass is 286 g/mol. The number of nitrogens with one attached hydrogen (secondary N) is 1. The van der Waals surface area contributed by atoms with Crippen LogP contribution in [-0.2, 0) is 7.05 Å². The highest BCUT2D eigenvalue weighted by atomic mass is 19.1. The van der Waals surface area contributed by atoms with Gasteiger partial charge in [0.15, 0.2) is 0 Å². The standard InChI is InChI=1S/C15H15FN4O/c1-10-8-14(20(2)19-10)18-15(21)13-9-12(16)6-5-11(13)4-3-7-17/h5-6,8-9H,7,17H2,1-2H3,(H,18,21). The zero-order chi connectivity index (χ0) is 15.4. The van der Waals surface area contributed by atoms with E-state index in [0.29, 0.717) is 11.4 Å². The highest BCUT2D eigenvalue weighted by Crippen LogP contribution is 2.14. The van der Waals surface area contributed by atoms with Gasteiger partial charge in [-0.15, -0.1) is 0 Å². The number of carbonyl (C=O) groups is 1. The molecule has 1 aromatic carbocycles. The highest BCUT2D eigenvalue weighted by molar-refractivity contribution is 6.05. The number of hydrogen-bond acceptors (Lipinski definition) is 3. The molecular weight excluding hydrogens is 271 g/mol. The molecular formula is C15H15FN4O. The van der Waals surface area contributed by atoms with Gasteiger partial charge in [0.25, 0.3) is 5.91 Å². The van der Waals surface area contributed by atoms with Gasteiger partial charge in [-0.3, -0.25) is 9.48 Å². The third kappa shape index (κ3) is 3.46. The molecule has 0 aliphatic heterocycles. The minimum atomic E-state index is -0.500. The van der Waals surface area contributed by atoms with Gasteiger partial charge >= 0.3 is 0 Å².